The van der Waals surface area contributed by atoms with Crippen molar-refractivity contribution in [1.82, 2.24) is 9.13 Å². The molecule has 252 valence electrons. The number of hydrogen-bond donors (Lipinski definition) is 0. The second-order valence-corrected chi connectivity index (χ2v) is 14.1. The third kappa shape index (κ3) is 4.19. The molecule has 4 heteroatoms. The van der Waals surface area contributed by atoms with E-state index in [1.165, 1.54) is 43.6 Å². The molecule has 54 heavy (non-hydrogen) atoms. The summed E-state index contributed by atoms with van der Waals surface area (Å²) in [5.41, 5.74) is 13.2. The molecule has 0 amide bonds. The second kappa shape index (κ2) is 11.1. The highest BCUT2D eigenvalue weighted by Crippen LogP contribution is 2.41. The Morgan fingerprint density at radius 3 is 1.07 bits per heavy atom. The molecular weight excluding hydrogens is 661 g/mol. The molecule has 12 rings (SSSR count). The normalized spacial score (nSPS) is 12.1. The van der Waals surface area contributed by atoms with E-state index in [4.69, 9.17) is 8.83 Å². The predicted octanol–water partition coefficient (Wildman–Crippen LogP) is 13.9. The highest BCUT2D eigenvalue weighted by molar-refractivity contribution is 6.18. The van der Waals surface area contributed by atoms with Crippen LogP contribution in [0, 0.1) is 0 Å². The van der Waals surface area contributed by atoms with Crippen LogP contribution in [0.25, 0.3) is 110 Å². The van der Waals surface area contributed by atoms with E-state index >= 15 is 0 Å². The number of para-hydroxylation sites is 4. The van der Waals surface area contributed by atoms with Crippen molar-refractivity contribution in [1.29, 1.82) is 0 Å². The highest BCUT2D eigenvalue weighted by atomic mass is 16.5. The van der Waals surface area contributed by atoms with E-state index in [-0.39, 0.29) is 0 Å². The molecule has 4 aromatic heterocycles. The van der Waals surface area contributed by atoms with E-state index in [0.717, 1.165) is 61.0 Å². The van der Waals surface area contributed by atoms with Crippen LogP contribution in [0.1, 0.15) is 0 Å². The largest absolute Gasteiger partial charge is 0.425 e. The van der Waals surface area contributed by atoms with Gasteiger partial charge in [-0.2, -0.15) is 0 Å². The Morgan fingerprint density at radius 2 is 0.667 bits per heavy atom. The zero-order valence-electron chi connectivity index (χ0n) is 29.0. The molecule has 0 radical (unpaired) electrons. The first-order valence-corrected chi connectivity index (χ1v) is 18.3. The van der Waals surface area contributed by atoms with Crippen molar-refractivity contribution < 1.29 is 8.83 Å². The molecule has 12 aromatic rings. The van der Waals surface area contributed by atoms with Gasteiger partial charge in [-0.25, -0.2) is 0 Å². The molecule has 0 aliphatic rings. The van der Waals surface area contributed by atoms with Crippen molar-refractivity contribution in [3.05, 3.63) is 182 Å². The number of fused-ring (bicyclic) bond motifs is 11. The van der Waals surface area contributed by atoms with Gasteiger partial charge in [-0.3, -0.25) is 0 Å². The van der Waals surface area contributed by atoms with Gasteiger partial charge in [0.2, 0.25) is 0 Å². The number of aromatic nitrogens is 2. The number of hydrogen-bond acceptors (Lipinski definition) is 2. The monoisotopic (exact) mass is 690 g/mol. The van der Waals surface area contributed by atoms with E-state index in [0.29, 0.717) is 5.78 Å². The molecule has 0 bridgehead atoms. The molecule has 0 N–H and O–H groups in total. The summed E-state index contributed by atoms with van der Waals surface area (Å²) >= 11 is 0. The summed E-state index contributed by atoms with van der Waals surface area (Å²) in [6.45, 7) is 0. The highest BCUT2D eigenvalue weighted by Gasteiger charge is 2.19. The van der Waals surface area contributed by atoms with Gasteiger partial charge in [0.15, 0.2) is 0 Å². The minimum atomic E-state index is 0.548. The van der Waals surface area contributed by atoms with Crippen molar-refractivity contribution in [2.45, 2.75) is 0 Å². The van der Waals surface area contributed by atoms with E-state index in [1.807, 2.05) is 0 Å². The van der Waals surface area contributed by atoms with E-state index in [2.05, 4.69) is 191 Å². The minimum Gasteiger partial charge on any atom is -0.425 e. The second-order valence-electron chi connectivity index (χ2n) is 14.1. The van der Waals surface area contributed by atoms with Crippen LogP contribution >= 0.6 is 0 Å². The van der Waals surface area contributed by atoms with Gasteiger partial charge in [0.05, 0.1) is 27.5 Å². The molecule has 0 spiro atoms. The summed E-state index contributed by atoms with van der Waals surface area (Å²) in [6, 6.07) is 65.1. The first-order valence-electron chi connectivity index (χ1n) is 18.3. The van der Waals surface area contributed by atoms with E-state index < -0.39 is 0 Å². The number of furan rings is 2. The van der Waals surface area contributed by atoms with Crippen molar-refractivity contribution in [3.8, 4) is 33.6 Å². The fourth-order valence-corrected chi connectivity index (χ4v) is 8.73. The first kappa shape index (κ1) is 29.3. The van der Waals surface area contributed by atoms with Crippen molar-refractivity contribution >= 4 is 76.7 Å². The molecule has 0 atom stereocenters. The molecule has 4 heterocycles. The topological polar surface area (TPSA) is 36.1 Å². The van der Waals surface area contributed by atoms with Crippen LogP contribution in [0.4, 0.5) is 0 Å². The lowest BCUT2D eigenvalue weighted by Crippen LogP contribution is -1.94. The van der Waals surface area contributed by atoms with Crippen LogP contribution in [0.3, 0.4) is 0 Å². The minimum absolute atomic E-state index is 0.548. The summed E-state index contributed by atoms with van der Waals surface area (Å²) in [4.78, 5) is 0. The maximum absolute atomic E-state index is 6.33. The number of benzene rings is 8. The smallest absolute Gasteiger partial charge is 0.299 e. The Labute approximate surface area is 309 Å². The fourth-order valence-electron chi connectivity index (χ4n) is 8.73. The third-order valence-electron chi connectivity index (χ3n) is 11.1. The summed E-state index contributed by atoms with van der Waals surface area (Å²) in [5.74, 6) is 0.548. The lowest BCUT2D eigenvalue weighted by Gasteiger charge is -2.11. The van der Waals surface area contributed by atoms with Gasteiger partial charge < -0.3 is 18.0 Å². The summed E-state index contributed by atoms with van der Waals surface area (Å²) < 4.78 is 17.4. The summed E-state index contributed by atoms with van der Waals surface area (Å²) in [7, 11) is 0. The molecule has 0 fully saturated rings. The van der Waals surface area contributed by atoms with Crippen molar-refractivity contribution in [2.24, 2.45) is 0 Å². The van der Waals surface area contributed by atoms with Crippen LogP contribution in [0.15, 0.2) is 191 Å². The maximum atomic E-state index is 6.33. The average molecular weight is 691 g/mol. The maximum Gasteiger partial charge on any atom is 0.299 e. The Hall–Kier alpha value is -7.30. The number of nitrogens with zero attached hydrogens (tertiary/aromatic N) is 2. The Morgan fingerprint density at radius 1 is 0.296 bits per heavy atom. The van der Waals surface area contributed by atoms with E-state index in [9.17, 15) is 0 Å². The lowest BCUT2D eigenvalue weighted by molar-refractivity contribution is 0.524. The van der Waals surface area contributed by atoms with Crippen molar-refractivity contribution in [3.63, 3.8) is 0 Å². The van der Waals surface area contributed by atoms with Gasteiger partial charge in [0.1, 0.15) is 11.2 Å². The summed E-state index contributed by atoms with van der Waals surface area (Å²) in [5, 5.41) is 8.10. The Kier molecular flexibility index (Phi) is 6.02. The lowest BCUT2D eigenvalue weighted by atomic mass is 10.00. The molecule has 4 nitrogen and oxygen atoms in total. The Balaban J connectivity index is 0.986. The first-order chi connectivity index (χ1) is 26.8. The quantitative estimate of drug-likeness (QED) is 0.184. The van der Waals surface area contributed by atoms with Crippen LogP contribution in [0.2, 0.25) is 0 Å². The molecule has 0 aliphatic heterocycles. The van der Waals surface area contributed by atoms with Gasteiger partial charge in [0.25, 0.3) is 5.78 Å². The van der Waals surface area contributed by atoms with E-state index in [1.54, 1.807) is 0 Å². The van der Waals surface area contributed by atoms with Crippen LogP contribution in [0.5, 0.6) is 0 Å². The molecular formula is C50H30N2O2. The number of rotatable bonds is 4. The van der Waals surface area contributed by atoms with Gasteiger partial charge in [-0.05, 0) is 95.1 Å². The molecule has 8 aromatic carbocycles. The summed E-state index contributed by atoms with van der Waals surface area (Å²) in [6.07, 6.45) is 0. The Bertz CT molecular complexity index is 3130. The fraction of sp³-hybridized carbons (Fsp3) is 0. The van der Waals surface area contributed by atoms with Gasteiger partial charge in [0, 0.05) is 43.7 Å². The third-order valence-corrected chi connectivity index (χ3v) is 11.1. The zero-order valence-corrected chi connectivity index (χ0v) is 29.0. The van der Waals surface area contributed by atoms with Gasteiger partial charge in [-0.15, -0.1) is 0 Å². The predicted molar refractivity (Wildman–Crippen MR) is 223 cm³/mol. The zero-order chi connectivity index (χ0) is 35.3. The van der Waals surface area contributed by atoms with Crippen LogP contribution < -0.4 is 0 Å². The molecule has 0 unspecified atom stereocenters. The van der Waals surface area contributed by atoms with Crippen LogP contribution in [-0.2, 0) is 0 Å². The molecule has 0 saturated heterocycles. The molecule has 0 saturated carbocycles. The van der Waals surface area contributed by atoms with Gasteiger partial charge in [-0.1, -0.05) is 109 Å². The average Bonchev–Trinajstić information content (AvgIpc) is 3.97. The van der Waals surface area contributed by atoms with Crippen molar-refractivity contribution in [2.75, 3.05) is 0 Å². The SMILES string of the molecule is c1cc(-c2ccc3oc4oc5ccc(-c6cccc(-n7c8ccccc8c8ccccc87)c6)cc5c4c3c2)cc(-n2c3ccccc3c3ccccc32)c1. The standard InChI is InChI=1S/C50H30N2O2/c1-5-19-43-37(15-1)38-16-2-6-20-44(38)51(43)35-13-9-11-31(27-35)33-23-25-47-41(29-33)49-42-30-34(24-26-48(42)54-50(49)53-47)32-12-10-14-36(28-32)52-45-21-7-3-17-39(45)40-18-4-8-22-46(40)52/h1-30H. The van der Waals surface area contributed by atoms with Crippen LogP contribution in [-0.4, -0.2) is 9.13 Å². The van der Waals surface area contributed by atoms with Gasteiger partial charge >= 0.3 is 0 Å². The molecule has 0 aliphatic carbocycles.